The second-order valence-electron chi connectivity index (χ2n) is 14.0. The largest absolute Gasteiger partial charge is 0.503 e. The first-order valence-corrected chi connectivity index (χ1v) is 16.8. The van der Waals surface area contributed by atoms with Gasteiger partial charge in [-0.15, -0.1) is 0 Å². The Morgan fingerprint density at radius 1 is 0.865 bits per heavy atom. The zero-order valence-corrected chi connectivity index (χ0v) is 30.9. The molecule has 2 aromatic carbocycles. The lowest BCUT2D eigenvalue weighted by Crippen LogP contribution is -2.48. The molecule has 0 fully saturated rings. The summed E-state index contributed by atoms with van der Waals surface area (Å²) < 4.78 is 21.8. The highest BCUT2D eigenvalue weighted by Gasteiger charge is 2.38. The van der Waals surface area contributed by atoms with Crippen molar-refractivity contribution in [2.45, 2.75) is 78.6 Å². The Morgan fingerprint density at radius 3 is 2.04 bits per heavy atom. The highest BCUT2D eigenvalue weighted by atomic mass is 16.6. The number of aliphatic hydroxyl groups excluding tert-OH is 1. The molecule has 0 aliphatic rings. The van der Waals surface area contributed by atoms with Gasteiger partial charge in [0.05, 0.1) is 25.0 Å². The molecule has 1 heterocycles. The van der Waals surface area contributed by atoms with Gasteiger partial charge in [-0.1, -0.05) is 60.7 Å². The van der Waals surface area contributed by atoms with Crippen molar-refractivity contribution in [2.75, 3.05) is 19.0 Å². The van der Waals surface area contributed by atoms with Crippen LogP contribution in [0.2, 0.25) is 0 Å². The van der Waals surface area contributed by atoms with Crippen LogP contribution in [0.25, 0.3) is 6.08 Å². The van der Waals surface area contributed by atoms with E-state index in [1.807, 2.05) is 36.4 Å². The molecule has 12 heteroatoms. The average Bonchev–Trinajstić information content (AvgIpc) is 3.55. The quantitative estimate of drug-likeness (QED) is 0.0797. The summed E-state index contributed by atoms with van der Waals surface area (Å²) in [5, 5.41) is 14.1. The number of hydrogen-bond acceptors (Lipinski definition) is 10. The van der Waals surface area contributed by atoms with Crippen LogP contribution in [0, 0.1) is 5.92 Å². The number of amides is 2. The zero-order chi connectivity index (χ0) is 38.6. The minimum Gasteiger partial charge on any atom is -0.503 e. The molecular weight excluding hydrogens is 668 g/mol. The molecule has 3 rings (SSSR count). The summed E-state index contributed by atoms with van der Waals surface area (Å²) in [5.41, 5.74) is -1.15. The number of methoxy groups -OCH3 is 1. The maximum absolute atomic E-state index is 14.2. The molecule has 2 atom stereocenters. The fourth-order valence-electron chi connectivity index (χ4n) is 4.96. The van der Waals surface area contributed by atoms with E-state index in [0.717, 1.165) is 12.7 Å². The second-order valence-corrected chi connectivity index (χ2v) is 14.0. The molecule has 0 saturated heterocycles. The smallest absolute Gasteiger partial charge is 0.339 e. The molecule has 0 radical (unpaired) electrons. The lowest BCUT2D eigenvalue weighted by Gasteiger charge is -2.34. The van der Waals surface area contributed by atoms with Crippen LogP contribution < -0.4 is 5.32 Å². The monoisotopic (exact) mass is 716 g/mol. The Labute approximate surface area is 304 Å². The Balaban J connectivity index is 2.07. The van der Waals surface area contributed by atoms with E-state index in [-0.39, 0.29) is 24.5 Å². The number of carbonyl (C=O) groups is 5. The Hall–Kier alpha value is -5.65. The van der Waals surface area contributed by atoms with Crippen molar-refractivity contribution in [3.05, 3.63) is 107 Å². The average molecular weight is 717 g/mol. The third-order valence-electron chi connectivity index (χ3n) is 7.48. The van der Waals surface area contributed by atoms with E-state index in [1.165, 1.54) is 11.0 Å². The van der Waals surface area contributed by atoms with Crippen LogP contribution in [-0.4, -0.2) is 70.6 Å². The Kier molecular flexibility index (Phi) is 14.1. The van der Waals surface area contributed by atoms with Crippen LogP contribution in [-0.2, 0) is 39.8 Å². The number of furan rings is 1. The summed E-state index contributed by atoms with van der Waals surface area (Å²) in [4.78, 5) is 67.7. The molecule has 278 valence electrons. The number of benzene rings is 2. The van der Waals surface area contributed by atoms with E-state index in [0.29, 0.717) is 5.69 Å². The van der Waals surface area contributed by atoms with Crippen LogP contribution in [0.3, 0.4) is 0 Å². The fourth-order valence-corrected chi connectivity index (χ4v) is 4.96. The number of para-hydroxylation sites is 1. The van der Waals surface area contributed by atoms with E-state index in [2.05, 4.69) is 5.32 Å². The predicted octanol–water partition coefficient (Wildman–Crippen LogP) is 6.68. The molecule has 0 aliphatic carbocycles. The van der Waals surface area contributed by atoms with E-state index in [9.17, 15) is 29.1 Å². The van der Waals surface area contributed by atoms with Crippen LogP contribution >= 0.6 is 0 Å². The Morgan fingerprint density at radius 2 is 1.46 bits per heavy atom. The molecule has 0 saturated carbocycles. The first kappa shape index (κ1) is 40.8. The third-order valence-corrected chi connectivity index (χ3v) is 7.48. The molecule has 3 aromatic rings. The van der Waals surface area contributed by atoms with E-state index in [4.69, 9.17) is 18.6 Å². The van der Waals surface area contributed by atoms with Crippen molar-refractivity contribution in [1.82, 2.24) is 4.90 Å². The van der Waals surface area contributed by atoms with Crippen molar-refractivity contribution in [3.8, 4) is 0 Å². The molecule has 1 aromatic heterocycles. The van der Waals surface area contributed by atoms with Gasteiger partial charge in [0.1, 0.15) is 17.0 Å². The first-order chi connectivity index (χ1) is 24.4. The van der Waals surface area contributed by atoms with Gasteiger partial charge in [0, 0.05) is 24.7 Å². The standard InChI is InChI=1S/C40H48N2O10/c1-26(30(37(47)51-39(2,3)4)24-29-21-22-32(50-29)35(45)41-28-19-13-10-14-20-28)42(23-15-18-27-16-11-9-12-17-27)36(46)34(44)31(25-33(43)49-8)38(48)52-40(5,6)7/h9-22,26,30,44H,23-25H2,1-8H3,(H,41,45). The van der Waals surface area contributed by atoms with Gasteiger partial charge in [-0.05, 0) is 78.3 Å². The number of anilines is 1. The zero-order valence-electron chi connectivity index (χ0n) is 30.9. The Bertz CT molecular complexity index is 1760. The number of nitrogens with zero attached hydrogens (tertiary/aromatic N) is 1. The highest BCUT2D eigenvalue weighted by molar-refractivity contribution is 6.04. The number of rotatable bonds is 14. The summed E-state index contributed by atoms with van der Waals surface area (Å²) in [6, 6.07) is 20.1. The predicted molar refractivity (Wildman–Crippen MR) is 195 cm³/mol. The topological polar surface area (TPSA) is 162 Å². The van der Waals surface area contributed by atoms with E-state index >= 15 is 0 Å². The summed E-state index contributed by atoms with van der Waals surface area (Å²) in [6.07, 6.45) is 2.56. The minimum atomic E-state index is -1.09. The van der Waals surface area contributed by atoms with Crippen LogP contribution in [0.4, 0.5) is 5.69 Å². The third kappa shape index (κ3) is 12.6. The molecule has 2 amide bonds. The highest BCUT2D eigenvalue weighted by Crippen LogP contribution is 2.26. The summed E-state index contributed by atoms with van der Waals surface area (Å²) >= 11 is 0. The maximum Gasteiger partial charge on any atom is 0.339 e. The molecule has 52 heavy (non-hydrogen) atoms. The number of ether oxygens (including phenoxy) is 3. The minimum absolute atomic E-state index is 0.00133. The van der Waals surface area contributed by atoms with Gasteiger partial charge in [0.2, 0.25) is 0 Å². The summed E-state index contributed by atoms with van der Waals surface area (Å²) in [5.74, 6) is -6.09. The summed E-state index contributed by atoms with van der Waals surface area (Å²) in [7, 11) is 1.10. The molecule has 12 nitrogen and oxygen atoms in total. The van der Waals surface area contributed by atoms with Gasteiger partial charge < -0.3 is 34.0 Å². The van der Waals surface area contributed by atoms with Gasteiger partial charge in [-0.25, -0.2) is 4.79 Å². The van der Waals surface area contributed by atoms with Gasteiger partial charge in [-0.2, -0.15) is 0 Å². The molecular formula is C40H48N2O10. The lowest BCUT2D eigenvalue weighted by molar-refractivity contribution is -0.163. The van der Waals surface area contributed by atoms with Crippen LogP contribution in [0.5, 0.6) is 0 Å². The molecule has 0 aliphatic heterocycles. The lowest BCUT2D eigenvalue weighted by atomic mass is 9.93. The van der Waals surface area contributed by atoms with Gasteiger partial charge in [-0.3, -0.25) is 19.2 Å². The maximum atomic E-state index is 14.2. The van der Waals surface area contributed by atoms with Crippen LogP contribution in [0.15, 0.2) is 94.6 Å². The fraction of sp³-hybridized carbons (Fsp3) is 0.375. The first-order valence-electron chi connectivity index (χ1n) is 16.8. The van der Waals surface area contributed by atoms with Gasteiger partial charge in [0.25, 0.3) is 11.8 Å². The van der Waals surface area contributed by atoms with E-state index in [1.54, 1.807) is 91.0 Å². The van der Waals surface area contributed by atoms with Crippen molar-refractivity contribution in [1.29, 1.82) is 0 Å². The van der Waals surface area contributed by atoms with E-state index < -0.39 is 70.6 Å². The summed E-state index contributed by atoms with van der Waals surface area (Å²) in [6.45, 7) is 11.3. The molecule has 2 unspecified atom stereocenters. The normalized spacial score (nSPS) is 13.4. The molecule has 0 bridgehead atoms. The molecule has 0 spiro atoms. The van der Waals surface area contributed by atoms with Gasteiger partial charge in [0.15, 0.2) is 11.5 Å². The SMILES string of the molecule is COC(=O)CC(C(=O)OC(C)(C)C)=C(O)C(=O)N(CC=Cc1ccccc1)C(C)C(Cc1ccc(C(=O)Nc2ccccc2)o1)C(=O)OC(C)(C)C. The van der Waals surface area contributed by atoms with Crippen molar-refractivity contribution in [2.24, 2.45) is 5.92 Å². The number of aliphatic hydroxyl groups is 1. The number of hydrogen-bond donors (Lipinski definition) is 2. The number of carbonyl (C=O) groups excluding carboxylic acids is 5. The molecule has 2 N–H and O–H groups in total. The second kappa shape index (κ2) is 18.0. The van der Waals surface area contributed by atoms with Crippen molar-refractivity contribution in [3.63, 3.8) is 0 Å². The number of esters is 3. The van der Waals surface area contributed by atoms with Gasteiger partial charge >= 0.3 is 17.9 Å². The van der Waals surface area contributed by atoms with Crippen molar-refractivity contribution < 1.29 is 47.7 Å². The van der Waals surface area contributed by atoms with Crippen LogP contribution in [0.1, 0.15) is 76.8 Å². The van der Waals surface area contributed by atoms with Crippen molar-refractivity contribution >= 4 is 41.5 Å². The number of nitrogens with one attached hydrogen (secondary N) is 1.